The Morgan fingerprint density at radius 1 is 1.40 bits per heavy atom. The molecule has 0 radical (unpaired) electrons. The van der Waals surface area contributed by atoms with Gasteiger partial charge in [-0.15, -0.1) is 0 Å². The van der Waals surface area contributed by atoms with Crippen LogP contribution in [0.15, 0.2) is 11.8 Å². The fourth-order valence-electron chi connectivity index (χ4n) is 1.34. The molecule has 15 heavy (non-hydrogen) atoms. The van der Waals surface area contributed by atoms with Crippen molar-refractivity contribution in [3.05, 3.63) is 11.8 Å². The summed E-state index contributed by atoms with van der Waals surface area (Å²) >= 11 is 0. The van der Waals surface area contributed by atoms with E-state index in [0.29, 0.717) is 5.57 Å². The molecule has 84 valence electrons. The van der Waals surface area contributed by atoms with Crippen LogP contribution in [0.25, 0.3) is 0 Å². The topological polar surface area (TPSA) is 46.6 Å². The zero-order chi connectivity index (χ0) is 11.4. The van der Waals surface area contributed by atoms with Crippen LogP contribution in [0, 0.1) is 5.92 Å². The largest absolute Gasteiger partial charge is 0.460 e. The molecule has 0 aromatic rings. The minimum Gasteiger partial charge on any atom is -0.460 e. The Bertz CT molecular complexity index is 290. The van der Waals surface area contributed by atoms with E-state index in [1.807, 2.05) is 14.1 Å². The highest BCUT2D eigenvalue weighted by molar-refractivity contribution is 6.40. The third-order valence-electron chi connectivity index (χ3n) is 2.14. The third-order valence-corrected chi connectivity index (χ3v) is 2.14. The van der Waals surface area contributed by atoms with Crippen LogP contribution >= 0.6 is 0 Å². The Balaban J connectivity index is 2.72. The lowest BCUT2D eigenvalue weighted by Crippen LogP contribution is -2.22. The zero-order valence-corrected chi connectivity index (χ0v) is 9.45. The summed E-state index contributed by atoms with van der Waals surface area (Å²) < 4.78 is 4.70. The molecule has 1 rings (SSSR count). The van der Waals surface area contributed by atoms with E-state index in [0.717, 1.165) is 12.8 Å². The second-order valence-corrected chi connectivity index (χ2v) is 3.87. The van der Waals surface area contributed by atoms with Crippen LogP contribution in [0.4, 0.5) is 0 Å². The normalized spacial score (nSPS) is 16.1. The van der Waals surface area contributed by atoms with Crippen molar-refractivity contribution in [3.8, 4) is 0 Å². The van der Waals surface area contributed by atoms with Crippen LogP contribution in [0.2, 0.25) is 0 Å². The van der Waals surface area contributed by atoms with Crippen LogP contribution in [-0.2, 0) is 14.3 Å². The van der Waals surface area contributed by atoms with E-state index in [-0.39, 0.29) is 12.5 Å². The van der Waals surface area contributed by atoms with Crippen molar-refractivity contribution in [2.24, 2.45) is 5.92 Å². The molecule has 1 aliphatic carbocycles. The van der Waals surface area contributed by atoms with Crippen molar-refractivity contribution in [2.45, 2.75) is 19.8 Å². The lowest BCUT2D eigenvalue weighted by Gasteiger charge is -2.09. The second-order valence-electron chi connectivity index (χ2n) is 3.87. The van der Waals surface area contributed by atoms with Gasteiger partial charge in [-0.2, -0.15) is 0 Å². The van der Waals surface area contributed by atoms with E-state index in [2.05, 4.69) is 0 Å². The lowest BCUT2D eigenvalue weighted by molar-refractivity contribution is -0.151. The van der Waals surface area contributed by atoms with Gasteiger partial charge in [-0.25, -0.2) is 4.79 Å². The van der Waals surface area contributed by atoms with E-state index < -0.39 is 11.8 Å². The van der Waals surface area contributed by atoms with Crippen molar-refractivity contribution in [1.82, 2.24) is 4.90 Å². The number of nitrogens with zero attached hydrogens (tertiary/aromatic N) is 1. The maximum atomic E-state index is 11.7. The summed E-state index contributed by atoms with van der Waals surface area (Å²) in [5, 5.41) is 0. The molecule has 0 aromatic heterocycles. The van der Waals surface area contributed by atoms with Gasteiger partial charge in [0.2, 0.25) is 0 Å². The Labute approximate surface area is 89.9 Å². The molecule has 0 spiro atoms. The summed E-state index contributed by atoms with van der Waals surface area (Å²) in [4.78, 5) is 24.7. The first kappa shape index (κ1) is 11.8. The number of esters is 1. The van der Waals surface area contributed by atoms with Gasteiger partial charge in [0.05, 0.1) is 6.61 Å². The molecule has 0 saturated heterocycles. The highest BCUT2D eigenvalue weighted by Crippen LogP contribution is 2.37. The van der Waals surface area contributed by atoms with Crippen LogP contribution in [0.5, 0.6) is 0 Å². The van der Waals surface area contributed by atoms with Crippen molar-refractivity contribution < 1.29 is 14.3 Å². The first-order chi connectivity index (χ1) is 7.06. The fourth-order valence-corrected chi connectivity index (χ4v) is 1.34. The van der Waals surface area contributed by atoms with Crippen LogP contribution < -0.4 is 0 Å². The number of ether oxygens (including phenoxy) is 1. The Kier molecular flexibility index (Phi) is 3.88. The molecule has 0 bridgehead atoms. The summed E-state index contributed by atoms with van der Waals surface area (Å²) in [5.41, 5.74) is 0.582. The number of carbonyl (C=O) groups excluding carboxylic acids is 2. The standard InChI is InChI=1S/C11H17NO3/c1-4-15-11(14)10(13)9(7-12(2)3)8-5-6-8/h7-8H,4-6H2,1-3H3/b9-7-. The molecule has 0 amide bonds. The molecule has 0 unspecified atom stereocenters. The van der Waals surface area contributed by atoms with E-state index in [4.69, 9.17) is 4.74 Å². The number of ketones is 1. The molecule has 1 aliphatic rings. The Morgan fingerprint density at radius 2 is 2.00 bits per heavy atom. The number of hydrogen-bond acceptors (Lipinski definition) is 4. The molecule has 0 aliphatic heterocycles. The maximum absolute atomic E-state index is 11.7. The summed E-state index contributed by atoms with van der Waals surface area (Å²) in [7, 11) is 3.67. The second kappa shape index (κ2) is 4.96. The quantitative estimate of drug-likeness (QED) is 0.386. The first-order valence-electron chi connectivity index (χ1n) is 5.15. The Hall–Kier alpha value is -1.32. The van der Waals surface area contributed by atoms with E-state index in [9.17, 15) is 9.59 Å². The van der Waals surface area contributed by atoms with E-state index in [1.165, 1.54) is 0 Å². The fraction of sp³-hybridized carbons (Fsp3) is 0.636. The number of Topliss-reactive ketones (excluding diaryl/α,β-unsaturated/α-hetero) is 1. The SMILES string of the molecule is CCOC(=O)C(=O)/C(=C\N(C)C)C1CC1. The zero-order valence-electron chi connectivity index (χ0n) is 9.45. The van der Waals surface area contributed by atoms with Crippen LogP contribution in [0.1, 0.15) is 19.8 Å². The number of carbonyl (C=O) groups is 2. The van der Waals surface area contributed by atoms with Crippen molar-refractivity contribution in [2.75, 3.05) is 20.7 Å². The van der Waals surface area contributed by atoms with Crippen LogP contribution in [-0.4, -0.2) is 37.4 Å². The predicted molar refractivity (Wildman–Crippen MR) is 56.1 cm³/mol. The van der Waals surface area contributed by atoms with E-state index in [1.54, 1.807) is 18.0 Å². The maximum Gasteiger partial charge on any atom is 0.379 e. The molecule has 1 fully saturated rings. The van der Waals surface area contributed by atoms with Gasteiger partial charge >= 0.3 is 5.97 Å². The predicted octanol–water partition coefficient (Wildman–Crippen LogP) is 0.974. The molecule has 0 N–H and O–H groups in total. The molecule has 0 aromatic carbocycles. The van der Waals surface area contributed by atoms with Gasteiger partial charge in [-0.1, -0.05) is 0 Å². The van der Waals surface area contributed by atoms with Gasteiger partial charge < -0.3 is 9.64 Å². The first-order valence-corrected chi connectivity index (χ1v) is 5.15. The van der Waals surface area contributed by atoms with Crippen LogP contribution in [0.3, 0.4) is 0 Å². The van der Waals surface area contributed by atoms with Gasteiger partial charge in [0.1, 0.15) is 0 Å². The Morgan fingerprint density at radius 3 is 2.40 bits per heavy atom. The molecule has 0 heterocycles. The summed E-state index contributed by atoms with van der Waals surface area (Å²) in [5.74, 6) is -0.977. The minimum absolute atomic E-state index is 0.241. The molecular weight excluding hydrogens is 194 g/mol. The molecule has 0 atom stereocenters. The third kappa shape index (κ3) is 3.38. The number of rotatable bonds is 5. The average Bonchev–Trinajstić information content (AvgIpc) is 2.96. The van der Waals surface area contributed by atoms with Gasteiger partial charge in [0.25, 0.3) is 5.78 Å². The minimum atomic E-state index is -0.738. The molecular formula is C11H17NO3. The summed E-state index contributed by atoms with van der Waals surface area (Å²) in [6, 6.07) is 0. The monoisotopic (exact) mass is 211 g/mol. The van der Waals surface area contributed by atoms with Gasteiger partial charge in [-0.3, -0.25) is 4.79 Å². The van der Waals surface area contributed by atoms with E-state index >= 15 is 0 Å². The smallest absolute Gasteiger partial charge is 0.379 e. The van der Waals surface area contributed by atoms with Crippen molar-refractivity contribution in [1.29, 1.82) is 0 Å². The molecule has 4 heteroatoms. The highest BCUT2D eigenvalue weighted by atomic mass is 16.5. The van der Waals surface area contributed by atoms with Crippen molar-refractivity contribution in [3.63, 3.8) is 0 Å². The summed E-state index contributed by atoms with van der Waals surface area (Å²) in [6.07, 6.45) is 3.70. The number of hydrogen-bond donors (Lipinski definition) is 0. The van der Waals surface area contributed by atoms with Crippen molar-refractivity contribution >= 4 is 11.8 Å². The van der Waals surface area contributed by atoms with Gasteiger partial charge in [0.15, 0.2) is 0 Å². The molecule has 4 nitrogen and oxygen atoms in total. The lowest BCUT2D eigenvalue weighted by atomic mass is 10.1. The summed E-state index contributed by atoms with van der Waals surface area (Å²) in [6.45, 7) is 1.93. The van der Waals surface area contributed by atoms with Gasteiger partial charge in [0, 0.05) is 25.9 Å². The average molecular weight is 211 g/mol. The van der Waals surface area contributed by atoms with Gasteiger partial charge in [-0.05, 0) is 25.7 Å². The highest BCUT2D eigenvalue weighted by Gasteiger charge is 2.34. The molecule has 1 saturated carbocycles.